The maximum Gasteiger partial charge on any atom is 0.407 e. The Bertz CT molecular complexity index is 1610. The van der Waals surface area contributed by atoms with Gasteiger partial charge >= 0.3 is 6.09 Å². The monoisotopic (exact) mass is 556 g/mol. The van der Waals surface area contributed by atoms with E-state index in [0.717, 1.165) is 11.3 Å². The third-order valence-corrected chi connectivity index (χ3v) is 8.46. The van der Waals surface area contributed by atoms with E-state index in [2.05, 4.69) is 9.97 Å². The average molecular weight is 557 g/mol. The molecule has 2 amide bonds. The van der Waals surface area contributed by atoms with Gasteiger partial charge in [0.05, 0.1) is 12.1 Å². The van der Waals surface area contributed by atoms with Crippen LogP contribution in [0.3, 0.4) is 0 Å². The summed E-state index contributed by atoms with van der Waals surface area (Å²) in [4.78, 5) is 50.5. The zero-order valence-electron chi connectivity index (χ0n) is 22.5. The van der Waals surface area contributed by atoms with E-state index in [1.807, 2.05) is 60.7 Å². The lowest BCUT2D eigenvalue weighted by atomic mass is 9.79. The molecule has 4 aromatic rings. The minimum Gasteiger partial charge on any atom is -0.465 e. The van der Waals surface area contributed by atoms with Gasteiger partial charge in [0.25, 0.3) is 5.56 Å². The SMILES string of the molecule is O=C(O)N1CC[C@@H](C(=O)N2CCC(O)(Cn3cnc4c(ncn4-c4ccccc4)c3=O)CC2)[C@H](c2ccccc2)C1. The smallest absolute Gasteiger partial charge is 0.407 e. The topological polar surface area (TPSA) is 134 Å². The van der Waals surface area contributed by atoms with Crippen LogP contribution in [0.4, 0.5) is 4.79 Å². The molecule has 0 aliphatic carbocycles. The van der Waals surface area contributed by atoms with Crippen molar-refractivity contribution in [1.82, 2.24) is 28.9 Å². The molecule has 2 aromatic heterocycles. The number of rotatable bonds is 5. The van der Waals surface area contributed by atoms with Gasteiger partial charge in [-0.15, -0.1) is 0 Å². The number of hydrogen-bond acceptors (Lipinski definition) is 6. The predicted octanol–water partition coefficient (Wildman–Crippen LogP) is 2.72. The lowest BCUT2D eigenvalue weighted by molar-refractivity contribution is -0.142. The Morgan fingerprint density at radius 1 is 0.902 bits per heavy atom. The van der Waals surface area contributed by atoms with Crippen molar-refractivity contribution < 1.29 is 19.8 Å². The van der Waals surface area contributed by atoms with Crippen LogP contribution < -0.4 is 5.56 Å². The van der Waals surface area contributed by atoms with E-state index in [0.29, 0.717) is 44.5 Å². The molecule has 0 saturated carbocycles. The van der Waals surface area contributed by atoms with Crippen molar-refractivity contribution in [2.24, 2.45) is 5.92 Å². The number of aliphatic hydroxyl groups is 1. The van der Waals surface area contributed by atoms with E-state index in [1.54, 1.807) is 15.8 Å². The van der Waals surface area contributed by atoms with Crippen LogP contribution in [0, 0.1) is 5.92 Å². The summed E-state index contributed by atoms with van der Waals surface area (Å²) in [6, 6.07) is 19.1. The molecule has 4 heterocycles. The van der Waals surface area contributed by atoms with Crippen LogP contribution in [-0.2, 0) is 11.3 Å². The molecule has 2 atom stereocenters. The number of carbonyl (C=O) groups excluding carboxylic acids is 1. The van der Waals surface area contributed by atoms with Gasteiger partial charge in [-0.05, 0) is 37.0 Å². The van der Waals surface area contributed by atoms with Crippen LogP contribution in [0.25, 0.3) is 16.9 Å². The quantitative estimate of drug-likeness (QED) is 0.386. The zero-order valence-corrected chi connectivity index (χ0v) is 22.5. The van der Waals surface area contributed by atoms with Crippen molar-refractivity contribution in [3.63, 3.8) is 0 Å². The Balaban J connectivity index is 1.15. The molecule has 212 valence electrons. The van der Waals surface area contributed by atoms with Gasteiger partial charge in [-0.3, -0.25) is 18.7 Å². The molecule has 2 fully saturated rings. The molecular weight excluding hydrogens is 524 g/mol. The maximum atomic E-state index is 13.7. The first kappa shape index (κ1) is 26.7. The van der Waals surface area contributed by atoms with Crippen LogP contribution in [-0.4, -0.2) is 82.9 Å². The van der Waals surface area contributed by atoms with E-state index >= 15 is 0 Å². The van der Waals surface area contributed by atoms with Crippen LogP contribution >= 0.6 is 0 Å². The molecule has 0 spiro atoms. The summed E-state index contributed by atoms with van der Waals surface area (Å²) in [5, 5.41) is 21.0. The molecule has 0 bridgehead atoms. The Kier molecular flexibility index (Phi) is 7.04. The van der Waals surface area contributed by atoms with Crippen molar-refractivity contribution in [3.05, 3.63) is 89.2 Å². The number of imidazole rings is 1. The number of hydrogen-bond donors (Lipinski definition) is 2. The first-order valence-electron chi connectivity index (χ1n) is 13.8. The number of fused-ring (bicyclic) bond motifs is 1. The van der Waals surface area contributed by atoms with Crippen molar-refractivity contribution in [2.75, 3.05) is 26.2 Å². The van der Waals surface area contributed by atoms with E-state index in [9.17, 15) is 24.6 Å². The second-order valence-corrected chi connectivity index (χ2v) is 11.0. The highest BCUT2D eigenvalue weighted by Gasteiger charge is 2.41. The molecule has 2 saturated heterocycles. The van der Waals surface area contributed by atoms with E-state index < -0.39 is 11.7 Å². The first-order chi connectivity index (χ1) is 19.8. The largest absolute Gasteiger partial charge is 0.465 e. The molecule has 11 heteroatoms. The van der Waals surface area contributed by atoms with Crippen LogP contribution in [0.15, 0.2) is 78.1 Å². The lowest BCUT2D eigenvalue weighted by Crippen LogP contribution is -2.53. The third kappa shape index (κ3) is 5.20. The number of amides is 2. The van der Waals surface area contributed by atoms with Gasteiger partial charge in [-0.1, -0.05) is 48.5 Å². The molecule has 6 rings (SSSR count). The van der Waals surface area contributed by atoms with Gasteiger partial charge in [-0.25, -0.2) is 14.8 Å². The number of nitrogens with zero attached hydrogens (tertiary/aromatic N) is 6. The highest BCUT2D eigenvalue weighted by Crippen LogP contribution is 2.35. The number of benzene rings is 2. The normalized spacial score (nSPS) is 20.7. The van der Waals surface area contributed by atoms with E-state index in [4.69, 9.17) is 0 Å². The predicted molar refractivity (Wildman–Crippen MR) is 151 cm³/mol. The number of carbonyl (C=O) groups is 2. The Morgan fingerprint density at radius 2 is 1.59 bits per heavy atom. The average Bonchev–Trinajstić information content (AvgIpc) is 3.44. The Labute approximate surface area is 236 Å². The van der Waals surface area contributed by atoms with Gasteiger partial charge in [0.2, 0.25) is 5.91 Å². The van der Waals surface area contributed by atoms with Gasteiger partial charge in [0, 0.05) is 43.7 Å². The fourth-order valence-corrected chi connectivity index (χ4v) is 6.13. The summed E-state index contributed by atoms with van der Waals surface area (Å²) in [5.41, 5.74) is 0.968. The molecule has 2 N–H and O–H groups in total. The summed E-state index contributed by atoms with van der Waals surface area (Å²) < 4.78 is 3.15. The van der Waals surface area contributed by atoms with Crippen molar-refractivity contribution in [2.45, 2.75) is 37.3 Å². The van der Waals surface area contributed by atoms with E-state index in [-0.39, 0.29) is 41.9 Å². The molecule has 0 radical (unpaired) electrons. The molecule has 2 aliphatic rings. The summed E-state index contributed by atoms with van der Waals surface area (Å²) in [7, 11) is 0. The molecular formula is C30H32N6O5. The summed E-state index contributed by atoms with van der Waals surface area (Å²) >= 11 is 0. The fraction of sp³-hybridized carbons (Fsp3) is 0.367. The summed E-state index contributed by atoms with van der Waals surface area (Å²) in [6.07, 6.45) is 3.11. The molecule has 2 aliphatic heterocycles. The first-order valence-corrected chi connectivity index (χ1v) is 13.8. The number of likely N-dealkylation sites (tertiary alicyclic amines) is 2. The van der Waals surface area contributed by atoms with Crippen LogP contribution in [0.1, 0.15) is 30.7 Å². The Morgan fingerprint density at radius 3 is 2.27 bits per heavy atom. The fourth-order valence-electron chi connectivity index (χ4n) is 6.13. The summed E-state index contributed by atoms with van der Waals surface area (Å²) in [5.74, 6) is -0.591. The molecule has 11 nitrogen and oxygen atoms in total. The van der Waals surface area contributed by atoms with Crippen molar-refractivity contribution in [1.29, 1.82) is 0 Å². The number of para-hydroxylation sites is 1. The highest BCUT2D eigenvalue weighted by atomic mass is 16.4. The van der Waals surface area contributed by atoms with Gasteiger partial charge in [-0.2, -0.15) is 0 Å². The standard InChI is InChI=1S/C30H32N6O5/c37-27(23-11-14-34(29(39)40)17-24(23)21-7-3-1-4-8-21)33-15-12-30(41,13-16-33)18-35-19-32-26-25(28(35)38)31-20-36(26)22-9-5-2-6-10-22/h1-10,19-20,23-24,41H,11-18H2,(H,39,40)/t23-,24+/m1/s1. The van der Waals surface area contributed by atoms with Gasteiger partial charge < -0.3 is 20.0 Å². The third-order valence-electron chi connectivity index (χ3n) is 8.46. The second-order valence-electron chi connectivity index (χ2n) is 11.0. The number of carboxylic acid groups (broad SMARTS) is 1. The van der Waals surface area contributed by atoms with Crippen LogP contribution in [0.2, 0.25) is 0 Å². The molecule has 41 heavy (non-hydrogen) atoms. The Hall–Kier alpha value is -4.51. The maximum absolute atomic E-state index is 13.7. The zero-order chi connectivity index (χ0) is 28.6. The summed E-state index contributed by atoms with van der Waals surface area (Å²) in [6.45, 7) is 1.34. The molecule has 0 unspecified atom stereocenters. The molecule has 2 aromatic carbocycles. The van der Waals surface area contributed by atoms with Crippen LogP contribution in [0.5, 0.6) is 0 Å². The minimum absolute atomic E-state index is 0.0161. The van der Waals surface area contributed by atoms with Crippen molar-refractivity contribution in [3.8, 4) is 5.69 Å². The highest BCUT2D eigenvalue weighted by molar-refractivity contribution is 5.81. The minimum atomic E-state index is -1.18. The number of aromatic nitrogens is 4. The number of piperidine rings is 2. The van der Waals surface area contributed by atoms with Gasteiger partial charge in [0.15, 0.2) is 11.2 Å². The van der Waals surface area contributed by atoms with Gasteiger partial charge in [0.1, 0.15) is 12.7 Å². The lowest BCUT2D eigenvalue weighted by Gasteiger charge is -2.42. The second kappa shape index (κ2) is 10.8. The van der Waals surface area contributed by atoms with Crippen molar-refractivity contribution >= 4 is 23.2 Å². The van der Waals surface area contributed by atoms with E-state index in [1.165, 1.54) is 15.8 Å².